The highest BCUT2D eigenvalue weighted by molar-refractivity contribution is 7.80. The summed E-state index contributed by atoms with van der Waals surface area (Å²) in [5.74, 6) is -0.935. The van der Waals surface area contributed by atoms with Crippen LogP contribution in [0.2, 0.25) is 0 Å². The van der Waals surface area contributed by atoms with Crippen LogP contribution < -0.4 is 16.4 Å². The molecule has 0 aliphatic rings. The molecule has 0 aromatic carbocycles. The number of amides is 1. The summed E-state index contributed by atoms with van der Waals surface area (Å²) < 4.78 is 0. The molecule has 0 spiro atoms. The molecule has 0 aromatic heterocycles. The van der Waals surface area contributed by atoms with E-state index in [1.54, 1.807) is 0 Å². The van der Waals surface area contributed by atoms with Crippen molar-refractivity contribution in [3.05, 3.63) is 0 Å². The Labute approximate surface area is 119 Å². The van der Waals surface area contributed by atoms with Gasteiger partial charge >= 0.3 is 5.97 Å². The van der Waals surface area contributed by atoms with Gasteiger partial charge < -0.3 is 21.5 Å². The van der Waals surface area contributed by atoms with Gasteiger partial charge in [0.25, 0.3) is 0 Å². The van der Waals surface area contributed by atoms with Crippen LogP contribution in [0.25, 0.3) is 0 Å². The number of carbonyl (C=O) groups excluding carboxylic acids is 1. The summed E-state index contributed by atoms with van der Waals surface area (Å²) in [5, 5.41) is 14.4. The number of thiocarbonyl (C=S) groups is 1. The van der Waals surface area contributed by atoms with Gasteiger partial charge in [-0.15, -0.1) is 0 Å². The number of carboxylic acid groups (broad SMARTS) is 1. The molecule has 0 rings (SSSR count). The van der Waals surface area contributed by atoms with Crippen LogP contribution >= 0.6 is 12.2 Å². The molecule has 19 heavy (non-hydrogen) atoms. The molecule has 0 unspecified atom stereocenters. The molecule has 0 heterocycles. The van der Waals surface area contributed by atoms with E-state index in [1.807, 2.05) is 0 Å². The van der Waals surface area contributed by atoms with Crippen molar-refractivity contribution in [2.24, 2.45) is 5.73 Å². The second-order valence-corrected chi connectivity index (χ2v) is 4.74. The lowest BCUT2D eigenvalue weighted by Crippen LogP contribution is -2.29. The van der Waals surface area contributed by atoms with Gasteiger partial charge in [0.05, 0.1) is 0 Å². The summed E-state index contributed by atoms with van der Waals surface area (Å²) in [5.41, 5.74) is 5.28. The Bertz CT molecular complexity index is 298. The van der Waals surface area contributed by atoms with E-state index in [-0.39, 0.29) is 18.7 Å². The number of nitrogens with one attached hydrogen (secondary N) is 2. The van der Waals surface area contributed by atoms with Crippen LogP contribution in [0, 0.1) is 0 Å². The summed E-state index contributed by atoms with van der Waals surface area (Å²) in [6.07, 6.45) is 4.75. The number of hydrogen-bond donors (Lipinski definition) is 4. The van der Waals surface area contributed by atoms with Crippen molar-refractivity contribution in [3.63, 3.8) is 0 Å². The molecule has 6 nitrogen and oxygen atoms in total. The van der Waals surface area contributed by atoms with Gasteiger partial charge in [-0.2, -0.15) is 0 Å². The Morgan fingerprint density at radius 1 is 0.947 bits per heavy atom. The fourth-order valence-electron chi connectivity index (χ4n) is 1.53. The van der Waals surface area contributed by atoms with Gasteiger partial charge in [0.1, 0.15) is 0 Å². The quantitative estimate of drug-likeness (QED) is 0.330. The first-order chi connectivity index (χ1) is 9.02. The number of carbonyl (C=O) groups is 2. The maximum atomic E-state index is 11.3. The van der Waals surface area contributed by atoms with Crippen LogP contribution in [0.3, 0.4) is 0 Å². The average Bonchev–Trinajstić information content (AvgIpc) is 2.31. The second-order valence-electron chi connectivity index (χ2n) is 4.30. The monoisotopic (exact) mass is 289 g/mol. The lowest BCUT2D eigenvalue weighted by Gasteiger charge is -2.05. The Kier molecular flexibility index (Phi) is 10.9. The zero-order chi connectivity index (χ0) is 14.5. The predicted molar refractivity (Wildman–Crippen MR) is 77.8 cm³/mol. The van der Waals surface area contributed by atoms with Crippen molar-refractivity contribution in [2.75, 3.05) is 13.1 Å². The van der Waals surface area contributed by atoms with Crippen molar-refractivity contribution in [2.45, 2.75) is 44.9 Å². The van der Waals surface area contributed by atoms with Gasteiger partial charge in [0, 0.05) is 25.9 Å². The fourth-order valence-corrected chi connectivity index (χ4v) is 1.63. The number of hydrogen-bond acceptors (Lipinski definition) is 3. The predicted octanol–water partition coefficient (Wildman–Crippen LogP) is 0.751. The Hall–Kier alpha value is -1.37. The first kappa shape index (κ1) is 17.6. The Balaban J connectivity index is 3.23. The van der Waals surface area contributed by atoms with Gasteiger partial charge in [-0.1, -0.05) is 12.8 Å². The molecule has 0 atom stereocenters. The third kappa shape index (κ3) is 14.6. The topological polar surface area (TPSA) is 104 Å². The number of carboxylic acids is 1. The molecule has 0 bridgehead atoms. The smallest absolute Gasteiger partial charge is 0.303 e. The number of unbranched alkanes of at least 4 members (excludes halogenated alkanes) is 3. The molecule has 0 aliphatic heterocycles. The zero-order valence-electron chi connectivity index (χ0n) is 11.1. The lowest BCUT2D eigenvalue weighted by molar-refractivity contribution is -0.137. The number of rotatable bonds is 11. The zero-order valence-corrected chi connectivity index (χ0v) is 11.9. The van der Waals surface area contributed by atoms with Crippen molar-refractivity contribution in [3.8, 4) is 0 Å². The fraction of sp³-hybridized carbons (Fsp3) is 0.750. The van der Waals surface area contributed by atoms with Crippen molar-refractivity contribution in [1.82, 2.24) is 10.6 Å². The number of aliphatic carboxylic acids is 1. The van der Waals surface area contributed by atoms with Crippen LogP contribution in [0.15, 0.2) is 0 Å². The molecular weight excluding hydrogens is 266 g/mol. The molecule has 0 radical (unpaired) electrons. The van der Waals surface area contributed by atoms with E-state index in [0.717, 1.165) is 32.2 Å². The Morgan fingerprint density at radius 3 is 2.05 bits per heavy atom. The lowest BCUT2D eigenvalue weighted by atomic mass is 10.2. The molecule has 0 saturated carbocycles. The molecule has 5 N–H and O–H groups in total. The highest BCUT2D eigenvalue weighted by Crippen LogP contribution is 1.99. The molecule has 110 valence electrons. The third-order valence-corrected chi connectivity index (χ3v) is 2.66. The van der Waals surface area contributed by atoms with Crippen LogP contribution in [0.1, 0.15) is 44.9 Å². The summed E-state index contributed by atoms with van der Waals surface area (Å²) in [6.45, 7) is 1.44. The second kappa shape index (κ2) is 11.7. The first-order valence-corrected chi connectivity index (χ1v) is 6.95. The van der Waals surface area contributed by atoms with E-state index in [0.29, 0.717) is 18.1 Å². The van der Waals surface area contributed by atoms with Gasteiger partial charge in [-0.25, -0.2) is 0 Å². The first-order valence-electron chi connectivity index (χ1n) is 6.54. The van der Waals surface area contributed by atoms with E-state index < -0.39 is 5.97 Å². The largest absolute Gasteiger partial charge is 0.481 e. The molecule has 1 amide bonds. The Morgan fingerprint density at radius 2 is 1.53 bits per heavy atom. The maximum absolute atomic E-state index is 11.3. The van der Waals surface area contributed by atoms with E-state index in [4.69, 9.17) is 10.8 Å². The van der Waals surface area contributed by atoms with Crippen LogP contribution in [0.4, 0.5) is 0 Å². The third-order valence-electron chi connectivity index (χ3n) is 2.52. The van der Waals surface area contributed by atoms with Crippen molar-refractivity contribution < 1.29 is 14.7 Å². The van der Waals surface area contributed by atoms with E-state index >= 15 is 0 Å². The van der Waals surface area contributed by atoms with Crippen LogP contribution in [-0.4, -0.2) is 35.2 Å². The minimum Gasteiger partial charge on any atom is -0.481 e. The van der Waals surface area contributed by atoms with Crippen LogP contribution in [0.5, 0.6) is 0 Å². The number of nitrogens with two attached hydrogens (primary N) is 1. The summed E-state index contributed by atoms with van der Waals surface area (Å²) >= 11 is 4.68. The highest BCUT2D eigenvalue weighted by Gasteiger charge is 2.02. The average molecular weight is 289 g/mol. The molecule has 0 saturated heterocycles. The van der Waals surface area contributed by atoms with Gasteiger partial charge in [-0.3, -0.25) is 9.59 Å². The summed E-state index contributed by atoms with van der Waals surface area (Å²) in [4.78, 5) is 21.5. The van der Waals surface area contributed by atoms with Crippen molar-refractivity contribution >= 4 is 29.2 Å². The molecule has 0 aromatic rings. The molecular formula is C12H23N3O3S. The molecule has 0 fully saturated rings. The van der Waals surface area contributed by atoms with Gasteiger partial charge in [0.15, 0.2) is 5.11 Å². The molecule has 7 heteroatoms. The SMILES string of the molecule is NC(=S)NCCCCCCNC(=O)CCCC(=O)O. The summed E-state index contributed by atoms with van der Waals surface area (Å²) in [7, 11) is 0. The van der Waals surface area contributed by atoms with Gasteiger partial charge in [0.2, 0.25) is 5.91 Å². The van der Waals surface area contributed by atoms with Crippen molar-refractivity contribution in [1.29, 1.82) is 0 Å². The van der Waals surface area contributed by atoms with E-state index in [1.165, 1.54) is 0 Å². The maximum Gasteiger partial charge on any atom is 0.303 e. The highest BCUT2D eigenvalue weighted by atomic mass is 32.1. The standard InChI is InChI=1S/C12H23N3O3S/c13-12(19)15-9-4-2-1-3-8-14-10(16)6-5-7-11(17)18/h1-9H2,(H,14,16)(H,17,18)(H3,13,15,19). The van der Waals surface area contributed by atoms with E-state index in [2.05, 4.69) is 22.9 Å². The van der Waals surface area contributed by atoms with Crippen LogP contribution in [-0.2, 0) is 9.59 Å². The molecule has 0 aliphatic carbocycles. The minimum atomic E-state index is -0.863. The van der Waals surface area contributed by atoms with E-state index in [9.17, 15) is 9.59 Å². The normalized spacial score (nSPS) is 9.89. The minimum absolute atomic E-state index is 0.0451. The van der Waals surface area contributed by atoms with Gasteiger partial charge in [-0.05, 0) is 31.5 Å². The summed E-state index contributed by atoms with van der Waals surface area (Å²) in [6, 6.07) is 0.